The average molecular weight is 572 g/mol. The second-order valence-corrected chi connectivity index (χ2v) is 11.7. The number of hydrogen-bond acceptors (Lipinski definition) is 6. The molecule has 1 aromatic carbocycles. The van der Waals surface area contributed by atoms with Crippen molar-refractivity contribution >= 4 is 17.5 Å². The summed E-state index contributed by atoms with van der Waals surface area (Å²) in [6, 6.07) is 8.05. The molecule has 4 rings (SSSR count). The van der Waals surface area contributed by atoms with E-state index in [4.69, 9.17) is 0 Å². The number of hydrogen-bond donors (Lipinski definition) is 1. The van der Waals surface area contributed by atoms with Gasteiger partial charge < -0.3 is 5.32 Å². The first-order valence-corrected chi connectivity index (χ1v) is 13.9. The molecule has 1 saturated heterocycles. The van der Waals surface area contributed by atoms with E-state index in [-0.39, 0.29) is 17.9 Å². The maximum atomic E-state index is 14.3. The molecule has 1 aliphatic carbocycles. The quantitative estimate of drug-likeness (QED) is 0.449. The van der Waals surface area contributed by atoms with E-state index >= 15 is 0 Å². The fourth-order valence-corrected chi connectivity index (χ4v) is 5.59. The van der Waals surface area contributed by atoms with E-state index in [0.717, 1.165) is 42.6 Å². The third kappa shape index (κ3) is 7.55. The molecule has 1 N–H and O–H groups in total. The fourth-order valence-electron chi connectivity index (χ4n) is 5.59. The summed E-state index contributed by atoms with van der Waals surface area (Å²) in [6.07, 6.45) is 2.94. The number of likely N-dealkylation sites (tertiary alicyclic amines) is 1. The second-order valence-electron chi connectivity index (χ2n) is 11.7. The maximum Gasteiger partial charge on any atom is 0.522 e. The van der Waals surface area contributed by atoms with Crippen LogP contribution in [-0.2, 0) is 19.7 Å². The minimum atomic E-state index is -4.91. The van der Waals surface area contributed by atoms with Crippen LogP contribution in [0.2, 0.25) is 0 Å². The molecule has 1 aromatic heterocycles. The van der Waals surface area contributed by atoms with Gasteiger partial charge in [0.25, 0.3) is 5.91 Å². The molecule has 8 nitrogen and oxygen atoms in total. The minimum Gasteiger partial charge on any atom is -0.351 e. The standard InChI is InChI=1S/C30H36F3N5O3/c1-29(2,3)21-11-13-23(14-12-21)38(28(40)25-16-24(18-37(25)19-34)41-30(31,32)33)26(20-8-7-15-35-17-20)27(39)36-22-9-5-4-6-10-22/h7-8,11-15,17,22,24-26H,4-6,9-10,16,18H2,1-3H3,(H,36,39)/t24-,25-,26?/m1/s1. The van der Waals surface area contributed by atoms with Crippen molar-refractivity contribution in [2.75, 3.05) is 11.4 Å². The normalized spacial score (nSPS) is 20.8. The van der Waals surface area contributed by atoms with Crippen molar-refractivity contribution in [3.05, 3.63) is 59.9 Å². The van der Waals surface area contributed by atoms with Gasteiger partial charge >= 0.3 is 6.36 Å². The summed E-state index contributed by atoms with van der Waals surface area (Å²) < 4.78 is 43.3. The zero-order valence-electron chi connectivity index (χ0n) is 23.5. The molecule has 1 unspecified atom stereocenters. The first-order valence-electron chi connectivity index (χ1n) is 13.9. The van der Waals surface area contributed by atoms with Crippen LogP contribution in [0.4, 0.5) is 18.9 Å². The van der Waals surface area contributed by atoms with Crippen molar-refractivity contribution in [1.82, 2.24) is 15.2 Å². The number of benzene rings is 1. The lowest BCUT2D eigenvalue weighted by Crippen LogP contribution is -2.51. The van der Waals surface area contributed by atoms with Gasteiger partial charge in [0.15, 0.2) is 6.19 Å². The van der Waals surface area contributed by atoms with E-state index in [1.54, 1.807) is 30.5 Å². The molecular formula is C30H36F3N5O3. The van der Waals surface area contributed by atoms with Gasteiger partial charge in [-0.15, -0.1) is 13.2 Å². The van der Waals surface area contributed by atoms with Crippen LogP contribution in [0.25, 0.3) is 0 Å². The van der Waals surface area contributed by atoms with Crippen LogP contribution in [0.1, 0.15) is 76.5 Å². The zero-order chi connectivity index (χ0) is 29.8. The van der Waals surface area contributed by atoms with Gasteiger partial charge in [0, 0.05) is 36.1 Å². The number of nitriles is 1. The highest BCUT2D eigenvalue weighted by molar-refractivity contribution is 6.04. The van der Waals surface area contributed by atoms with Crippen LogP contribution in [0.5, 0.6) is 0 Å². The monoisotopic (exact) mass is 571 g/mol. The van der Waals surface area contributed by atoms with Crippen molar-refractivity contribution in [1.29, 1.82) is 5.26 Å². The lowest BCUT2D eigenvalue weighted by molar-refractivity contribution is -0.340. The van der Waals surface area contributed by atoms with Gasteiger partial charge in [-0.25, -0.2) is 0 Å². The van der Waals surface area contributed by atoms with Crippen LogP contribution >= 0.6 is 0 Å². The molecule has 2 aromatic rings. The van der Waals surface area contributed by atoms with Gasteiger partial charge in [-0.3, -0.25) is 29.1 Å². The fraction of sp³-hybridized carbons (Fsp3) is 0.533. The lowest BCUT2D eigenvalue weighted by Gasteiger charge is -2.35. The minimum absolute atomic E-state index is 0.0534. The number of alkyl halides is 3. The van der Waals surface area contributed by atoms with E-state index in [2.05, 4.69) is 15.0 Å². The Balaban J connectivity index is 1.77. The Morgan fingerprint density at radius 1 is 1.12 bits per heavy atom. The lowest BCUT2D eigenvalue weighted by atomic mass is 9.87. The highest BCUT2D eigenvalue weighted by Crippen LogP contribution is 2.35. The molecular weight excluding hydrogens is 535 g/mol. The number of aromatic nitrogens is 1. The molecule has 2 aliphatic rings. The first kappa shape index (κ1) is 30.3. The smallest absolute Gasteiger partial charge is 0.351 e. The molecule has 11 heteroatoms. The molecule has 41 heavy (non-hydrogen) atoms. The molecule has 0 radical (unpaired) electrons. The molecule has 0 bridgehead atoms. The largest absolute Gasteiger partial charge is 0.522 e. The van der Waals surface area contributed by atoms with Crippen LogP contribution < -0.4 is 10.2 Å². The molecule has 2 fully saturated rings. The van der Waals surface area contributed by atoms with Gasteiger partial charge in [0.1, 0.15) is 12.1 Å². The Morgan fingerprint density at radius 3 is 2.37 bits per heavy atom. The number of anilines is 1. The zero-order valence-corrected chi connectivity index (χ0v) is 23.5. The molecule has 3 atom stereocenters. The van der Waals surface area contributed by atoms with E-state index in [1.165, 1.54) is 11.1 Å². The summed E-state index contributed by atoms with van der Waals surface area (Å²) in [7, 11) is 0. The Hall–Kier alpha value is -3.65. The maximum absolute atomic E-state index is 14.3. The third-order valence-corrected chi connectivity index (χ3v) is 7.68. The van der Waals surface area contributed by atoms with Gasteiger partial charge in [0.05, 0.1) is 12.6 Å². The molecule has 1 saturated carbocycles. The second kappa shape index (κ2) is 12.5. The molecule has 2 amide bonds. The number of rotatable bonds is 7. The Labute approximate surface area is 238 Å². The first-order chi connectivity index (χ1) is 19.4. The number of carbonyl (C=O) groups is 2. The highest BCUT2D eigenvalue weighted by Gasteiger charge is 2.46. The summed E-state index contributed by atoms with van der Waals surface area (Å²) in [4.78, 5) is 34.8. The van der Waals surface area contributed by atoms with Crippen molar-refractivity contribution in [2.45, 2.75) is 95.3 Å². The number of amides is 2. The number of nitrogens with zero attached hydrogens (tertiary/aromatic N) is 4. The number of carbonyl (C=O) groups excluding carboxylic acids is 2. The average Bonchev–Trinajstić information content (AvgIpc) is 3.33. The molecule has 220 valence electrons. The van der Waals surface area contributed by atoms with E-state index < -0.39 is 42.9 Å². The number of pyridine rings is 1. The Kier molecular flexibility index (Phi) is 9.22. The predicted octanol–water partition coefficient (Wildman–Crippen LogP) is 5.36. The van der Waals surface area contributed by atoms with Crippen molar-refractivity contribution in [2.24, 2.45) is 0 Å². The van der Waals surface area contributed by atoms with E-state index in [9.17, 15) is 28.0 Å². The van der Waals surface area contributed by atoms with Crippen molar-refractivity contribution < 1.29 is 27.5 Å². The van der Waals surface area contributed by atoms with E-state index in [0.29, 0.717) is 11.3 Å². The predicted molar refractivity (Wildman–Crippen MR) is 146 cm³/mol. The third-order valence-electron chi connectivity index (χ3n) is 7.68. The van der Waals surface area contributed by atoms with Gasteiger partial charge in [0.2, 0.25) is 5.91 Å². The molecule has 2 heterocycles. The summed E-state index contributed by atoms with van der Waals surface area (Å²) in [5.74, 6) is -1.08. The number of halogens is 3. The Bertz CT molecular complexity index is 1240. The van der Waals surface area contributed by atoms with Crippen LogP contribution in [0.3, 0.4) is 0 Å². The summed E-state index contributed by atoms with van der Waals surface area (Å²) in [6.45, 7) is 5.75. The Morgan fingerprint density at radius 2 is 1.80 bits per heavy atom. The molecule has 0 spiro atoms. The van der Waals surface area contributed by atoms with Gasteiger partial charge in [-0.05, 0) is 42.0 Å². The summed E-state index contributed by atoms with van der Waals surface area (Å²) in [5, 5.41) is 12.8. The van der Waals surface area contributed by atoms with Gasteiger partial charge in [-0.1, -0.05) is 58.2 Å². The van der Waals surface area contributed by atoms with Crippen LogP contribution in [0.15, 0.2) is 48.8 Å². The van der Waals surface area contributed by atoms with Crippen molar-refractivity contribution in [3.8, 4) is 6.19 Å². The van der Waals surface area contributed by atoms with Crippen molar-refractivity contribution in [3.63, 3.8) is 0 Å². The number of ether oxygens (including phenoxy) is 1. The summed E-state index contributed by atoms with van der Waals surface area (Å²) in [5.41, 5.74) is 1.64. The number of nitrogens with one attached hydrogen (secondary N) is 1. The van der Waals surface area contributed by atoms with Gasteiger partial charge in [-0.2, -0.15) is 5.26 Å². The SMILES string of the molecule is CC(C)(C)c1ccc(N(C(=O)[C@H]2C[C@@H](OC(F)(F)F)CN2C#N)C(C(=O)NC2CCCCC2)c2cccnc2)cc1. The van der Waals surface area contributed by atoms with E-state index in [1.807, 2.05) is 39.1 Å². The summed E-state index contributed by atoms with van der Waals surface area (Å²) >= 11 is 0. The van der Waals surface area contributed by atoms with Crippen LogP contribution in [-0.4, -0.2) is 52.8 Å². The van der Waals surface area contributed by atoms with Crippen LogP contribution in [0, 0.1) is 11.5 Å². The highest BCUT2D eigenvalue weighted by atomic mass is 19.4. The molecule has 1 aliphatic heterocycles. The topological polar surface area (TPSA) is 98.6 Å².